The molecule has 160 valence electrons. The molecule has 0 radical (unpaired) electrons. The topological polar surface area (TPSA) is 72.3 Å². The Balaban J connectivity index is 1.23. The molecule has 1 aromatic heterocycles. The van der Waals surface area contributed by atoms with Crippen molar-refractivity contribution in [3.8, 4) is 6.07 Å². The Morgan fingerprint density at radius 1 is 1.19 bits per heavy atom. The summed E-state index contributed by atoms with van der Waals surface area (Å²) in [6.07, 6.45) is 4.98. The maximum Gasteiger partial charge on any atom is 0.236 e. The van der Waals surface area contributed by atoms with E-state index in [1.165, 1.54) is 12.1 Å². The largest absolute Gasteiger partial charge is 0.350 e. The maximum absolute atomic E-state index is 14.2. The molecular formula is C23H23F2N5O. The van der Waals surface area contributed by atoms with Gasteiger partial charge in [-0.25, -0.2) is 13.8 Å². The summed E-state index contributed by atoms with van der Waals surface area (Å²) in [6.45, 7) is 1.48. The van der Waals surface area contributed by atoms with E-state index < -0.39 is 17.2 Å². The molecule has 1 saturated carbocycles. The summed E-state index contributed by atoms with van der Waals surface area (Å²) < 4.78 is 27.5. The average molecular weight is 423 g/mol. The molecule has 6 rings (SSSR count). The van der Waals surface area contributed by atoms with E-state index in [1.807, 2.05) is 11.0 Å². The van der Waals surface area contributed by atoms with Crippen LogP contribution in [0.2, 0.25) is 0 Å². The van der Waals surface area contributed by atoms with Gasteiger partial charge in [0.1, 0.15) is 23.5 Å². The molecule has 1 aromatic carbocycles. The number of carbonyl (C=O) groups is 1. The molecule has 1 N–H and O–H groups in total. The molecule has 1 aliphatic carbocycles. The monoisotopic (exact) mass is 423 g/mol. The summed E-state index contributed by atoms with van der Waals surface area (Å²) in [4.78, 5) is 21.6. The van der Waals surface area contributed by atoms with Gasteiger partial charge in [0.15, 0.2) is 0 Å². The molecule has 2 atom stereocenters. The van der Waals surface area contributed by atoms with Crippen LogP contribution in [0.1, 0.15) is 36.8 Å². The number of piperazine rings is 1. The summed E-state index contributed by atoms with van der Waals surface area (Å²) >= 11 is 0. The van der Waals surface area contributed by atoms with Crippen LogP contribution in [0, 0.1) is 23.0 Å². The van der Waals surface area contributed by atoms with Gasteiger partial charge in [-0.15, -0.1) is 0 Å². The molecule has 31 heavy (non-hydrogen) atoms. The number of hydrogen-bond donors (Lipinski definition) is 1. The molecule has 1 unspecified atom stereocenters. The predicted octanol–water partition coefficient (Wildman–Crippen LogP) is 2.69. The number of halogens is 2. The fourth-order valence-electron chi connectivity index (χ4n) is 4.93. The van der Waals surface area contributed by atoms with Crippen LogP contribution in [0.3, 0.4) is 0 Å². The summed E-state index contributed by atoms with van der Waals surface area (Å²) in [5.41, 5.74) is 0.390. The Bertz CT molecular complexity index is 1050. The number of nitrogens with one attached hydrogen (secondary N) is 1. The second-order valence-electron chi connectivity index (χ2n) is 8.66. The second kappa shape index (κ2) is 7.57. The number of rotatable bonds is 5. The Morgan fingerprint density at radius 2 is 2.00 bits per heavy atom. The highest BCUT2D eigenvalue weighted by atomic mass is 19.1. The van der Waals surface area contributed by atoms with Gasteiger partial charge in [0, 0.05) is 48.5 Å². The fraction of sp³-hybridized carbons (Fsp3) is 0.435. The van der Waals surface area contributed by atoms with E-state index in [4.69, 9.17) is 5.26 Å². The first-order chi connectivity index (χ1) is 15.0. The number of fused-ring (bicyclic) bond motifs is 3. The third-order valence-electron chi connectivity index (χ3n) is 6.80. The Morgan fingerprint density at radius 3 is 2.61 bits per heavy atom. The minimum atomic E-state index is -0.598. The van der Waals surface area contributed by atoms with Crippen LogP contribution in [0.5, 0.6) is 0 Å². The summed E-state index contributed by atoms with van der Waals surface area (Å²) in [5.74, 6) is -0.322. The number of piperidine rings is 2. The van der Waals surface area contributed by atoms with Crippen molar-refractivity contribution in [3.63, 3.8) is 0 Å². The van der Waals surface area contributed by atoms with Crippen molar-refractivity contribution >= 4 is 11.7 Å². The summed E-state index contributed by atoms with van der Waals surface area (Å²) in [6, 6.07) is 9.64. The highest BCUT2D eigenvalue weighted by Gasteiger charge is 2.47. The Labute approximate surface area is 179 Å². The van der Waals surface area contributed by atoms with Crippen LogP contribution in [0.15, 0.2) is 36.5 Å². The van der Waals surface area contributed by atoms with Crippen LogP contribution >= 0.6 is 0 Å². The standard InChI is InChI=1S/C23H23F2N5O/c24-16-2-5-19(20(25)9-16)23(7-8-23)28-12-22(31)30-14-17-3-4-18(30)13-29(17)21-6-1-15(10-26)11-27-21/h1-2,5-6,9,11,17-18,28H,3-4,7-8,12-14H2/t17-,18?/m1/s1. The SMILES string of the molecule is N#Cc1ccc(N2CC3CC[C@@H]2CN3C(=O)CNC2(c3ccc(F)cc3F)CC2)nc1. The average Bonchev–Trinajstić information content (AvgIpc) is 3.58. The molecule has 2 aromatic rings. The molecule has 2 bridgehead atoms. The number of benzene rings is 1. The number of amides is 1. The van der Waals surface area contributed by atoms with Crippen molar-refractivity contribution in [1.29, 1.82) is 5.26 Å². The van der Waals surface area contributed by atoms with Crippen LogP contribution in [0.4, 0.5) is 14.6 Å². The van der Waals surface area contributed by atoms with Gasteiger partial charge < -0.3 is 9.80 Å². The van der Waals surface area contributed by atoms with E-state index in [2.05, 4.69) is 21.3 Å². The highest BCUT2D eigenvalue weighted by Crippen LogP contribution is 2.46. The molecule has 4 aliphatic rings. The Kier molecular flexibility index (Phi) is 4.86. The zero-order valence-electron chi connectivity index (χ0n) is 17.0. The number of hydrogen-bond acceptors (Lipinski definition) is 5. The normalized spacial score (nSPS) is 23.5. The first-order valence-corrected chi connectivity index (χ1v) is 10.6. The molecule has 4 heterocycles. The smallest absolute Gasteiger partial charge is 0.236 e. The lowest BCUT2D eigenvalue weighted by Gasteiger charge is -2.52. The van der Waals surface area contributed by atoms with Gasteiger partial charge in [-0.1, -0.05) is 6.07 Å². The number of carbonyl (C=O) groups excluding carboxylic acids is 1. The van der Waals surface area contributed by atoms with Crippen molar-refractivity contribution in [2.75, 3.05) is 24.5 Å². The Hall–Kier alpha value is -3.05. The predicted molar refractivity (Wildman–Crippen MR) is 110 cm³/mol. The third-order valence-corrected chi connectivity index (χ3v) is 6.80. The quantitative estimate of drug-likeness (QED) is 0.801. The number of pyridine rings is 1. The van der Waals surface area contributed by atoms with Crippen LogP contribution in [0.25, 0.3) is 0 Å². The van der Waals surface area contributed by atoms with Crippen molar-refractivity contribution < 1.29 is 13.6 Å². The number of anilines is 1. The van der Waals surface area contributed by atoms with E-state index in [9.17, 15) is 13.6 Å². The fourth-order valence-corrected chi connectivity index (χ4v) is 4.93. The van der Waals surface area contributed by atoms with Crippen LogP contribution < -0.4 is 10.2 Å². The van der Waals surface area contributed by atoms with Crippen LogP contribution in [-0.2, 0) is 10.3 Å². The lowest BCUT2D eigenvalue weighted by atomic mass is 9.90. The second-order valence-corrected chi connectivity index (χ2v) is 8.66. The van der Waals surface area contributed by atoms with Crippen molar-refractivity contribution in [3.05, 3.63) is 59.3 Å². The first kappa shape index (κ1) is 19.9. The van der Waals surface area contributed by atoms with E-state index >= 15 is 0 Å². The summed E-state index contributed by atoms with van der Waals surface area (Å²) in [7, 11) is 0. The van der Waals surface area contributed by atoms with Gasteiger partial charge in [0.25, 0.3) is 0 Å². The maximum atomic E-state index is 14.2. The molecule has 3 saturated heterocycles. The minimum absolute atomic E-state index is 0.0101. The zero-order valence-corrected chi connectivity index (χ0v) is 17.0. The van der Waals surface area contributed by atoms with Gasteiger partial charge in [0.2, 0.25) is 5.91 Å². The molecule has 3 aliphatic heterocycles. The van der Waals surface area contributed by atoms with Gasteiger partial charge >= 0.3 is 0 Å². The van der Waals surface area contributed by atoms with E-state index in [1.54, 1.807) is 12.3 Å². The minimum Gasteiger partial charge on any atom is -0.350 e. The highest BCUT2D eigenvalue weighted by molar-refractivity contribution is 5.79. The van der Waals surface area contributed by atoms with Crippen molar-refractivity contribution in [1.82, 2.24) is 15.2 Å². The molecule has 4 fully saturated rings. The number of nitriles is 1. The zero-order chi connectivity index (χ0) is 21.6. The number of aromatic nitrogens is 1. The van der Waals surface area contributed by atoms with Gasteiger partial charge in [-0.05, 0) is 43.9 Å². The van der Waals surface area contributed by atoms with Gasteiger partial charge in [-0.2, -0.15) is 5.26 Å². The molecule has 8 heteroatoms. The van der Waals surface area contributed by atoms with E-state index in [0.29, 0.717) is 24.2 Å². The van der Waals surface area contributed by atoms with E-state index in [0.717, 1.165) is 37.6 Å². The lowest BCUT2D eigenvalue weighted by Crippen LogP contribution is -2.65. The molecule has 6 nitrogen and oxygen atoms in total. The van der Waals surface area contributed by atoms with Gasteiger partial charge in [-0.3, -0.25) is 10.1 Å². The van der Waals surface area contributed by atoms with Crippen molar-refractivity contribution in [2.45, 2.75) is 43.3 Å². The van der Waals surface area contributed by atoms with Crippen LogP contribution in [-0.4, -0.2) is 47.5 Å². The van der Waals surface area contributed by atoms with Crippen molar-refractivity contribution in [2.24, 2.45) is 0 Å². The lowest BCUT2D eigenvalue weighted by molar-refractivity contribution is -0.135. The molecular weight excluding hydrogens is 400 g/mol. The number of nitrogens with zero attached hydrogens (tertiary/aromatic N) is 4. The molecule has 0 spiro atoms. The molecule has 1 amide bonds. The van der Waals surface area contributed by atoms with E-state index in [-0.39, 0.29) is 24.5 Å². The third kappa shape index (κ3) is 3.63. The summed E-state index contributed by atoms with van der Waals surface area (Å²) in [5, 5.41) is 12.2. The van der Waals surface area contributed by atoms with Gasteiger partial charge in [0.05, 0.1) is 12.1 Å². The first-order valence-electron chi connectivity index (χ1n) is 10.6.